The average molecular weight is 429 g/mol. The van der Waals surface area contributed by atoms with Crippen LogP contribution in [0.2, 0.25) is 0 Å². The lowest BCUT2D eigenvalue weighted by atomic mass is 9.85. The van der Waals surface area contributed by atoms with Gasteiger partial charge < -0.3 is 15.0 Å². The molecule has 1 heterocycles. The van der Waals surface area contributed by atoms with Crippen LogP contribution < -0.4 is 10.1 Å². The number of carbonyl (C=O) groups excluding carboxylic acids is 2. The van der Waals surface area contributed by atoms with E-state index in [2.05, 4.69) is 42.6 Å². The summed E-state index contributed by atoms with van der Waals surface area (Å²) in [4.78, 5) is 27.6. The van der Waals surface area contributed by atoms with Crippen LogP contribution in [-0.4, -0.2) is 30.4 Å². The molecule has 3 aromatic rings. The van der Waals surface area contributed by atoms with Gasteiger partial charge in [0.05, 0.1) is 13.2 Å². The molecule has 1 unspecified atom stereocenters. The molecule has 1 aliphatic heterocycles. The largest absolute Gasteiger partial charge is 0.497 e. The van der Waals surface area contributed by atoms with Gasteiger partial charge in [-0.3, -0.25) is 9.59 Å². The summed E-state index contributed by atoms with van der Waals surface area (Å²) in [6.07, 6.45) is 1.14. The molecule has 0 aliphatic carbocycles. The van der Waals surface area contributed by atoms with Gasteiger partial charge >= 0.3 is 0 Å². The van der Waals surface area contributed by atoms with E-state index < -0.39 is 0 Å². The molecule has 5 nitrogen and oxygen atoms in total. The summed E-state index contributed by atoms with van der Waals surface area (Å²) in [6, 6.07) is 23.5. The highest BCUT2D eigenvalue weighted by molar-refractivity contribution is 5.93. The van der Waals surface area contributed by atoms with Gasteiger partial charge in [0.2, 0.25) is 11.8 Å². The minimum Gasteiger partial charge on any atom is -0.497 e. The lowest BCUT2D eigenvalue weighted by molar-refractivity contribution is -0.134. The smallest absolute Gasteiger partial charge is 0.224 e. The molecule has 2 amide bonds. The summed E-state index contributed by atoms with van der Waals surface area (Å²) in [5, 5.41) is 2.85. The molecule has 0 aromatic heterocycles. The zero-order chi connectivity index (χ0) is 22.5. The summed E-state index contributed by atoms with van der Waals surface area (Å²) in [6.45, 7) is 2.78. The monoisotopic (exact) mass is 428 g/mol. The van der Waals surface area contributed by atoms with Gasteiger partial charge in [-0.15, -0.1) is 0 Å². The Labute approximate surface area is 189 Å². The summed E-state index contributed by atoms with van der Waals surface area (Å²) < 4.78 is 5.14. The molecule has 5 heteroatoms. The van der Waals surface area contributed by atoms with Crippen molar-refractivity contribution in [2.75, 3.05) is 19.0 Å². The fraction of sp³-hybridized carbons (Fsp3) is 0.259. The summed E-state index contributed by atoms with van der Waals surface area (Å²) in [5.74, 6) is 0.551. The first-order chi connectivity index (χ1) is 15.6. The van der Waals surface area contributed by atoms with E-state index in [4.69, 9.17) is 4.74 Å². The quantitative estimate of drug-likeness (QED) is 0.608. The maximum absolute atomic E-state index is 13.2. The third kappa shape index (κ3) is 4.67. The number of ether oxygens (including phenoxy) is 1. The topological polar surface area (TPSA) is 58.6 Å². The standard InChI is InChI=1S/C27H28N2O3/c1-19-7-6-10-24-23(19)17-18-29(27(24)20-8-4-3-5-9-20)26(31)16-15-25(30)28-21-11-13-22(32-2)14-12-21/h3-14,27H,15-18H2,1-2H3,(H,28,30). The van der Waals surface area contributed by atoms with Crippen LogP contribution in [0.5, 0.6) is 5.75 Å². The molecule has 0 saturated carbocycles. The predicted octanol–water partition coefficient (Wildman–Crippen LogP) is 4.90. The molecule has 1 atom stereocenters. The molecule has 0 saturated heterocycles. The molecule has 0 bridgehead atoms. The minimum absolute atomic E-state index is 0.00381. The van der Waals surface area contributed by atoms with Gasteiger partial charge in [-0.2, -0.15) is 0 Å². The van der Waals surface area contributed by atoms with Crippen molar-refractivity contribution >= 4 is 17.5 Å². The van der Waals surface area contributed by atoms with Crippen molar-refractivity contribution in [3.63, 3.8) is 0 Å². The zero-order valence-electron chi connectivity index (χ0n) is 18.5. The Hall–Kier alpha value is -3.60. The number of hydrogen-bond acceptors (Lipinski definition) is 3. The lowest BCUT2D eigenvalue weighted by Gasteiger charge is -2.38. The second-order valence-electron chi connectivity index (χ2n) is 8.07. The molecule has 0 fully saturated rings. The van der Waals surface area contributed by atoms with Crippen LogP contribution >= 0.6 is 0 Å². The average Bonchev–Trinajstić information content (AvgIpc) is 2.83. The summed E-state index contributed by atoms with van der Waals surface area (Å²) in [7, 11) is 1.60. The second kappa shape index (κ2) is 9.69. The highest BCUT2D eigenvalue weighted by Crippen LogP contribution is 2.36. The van der Waals surface area contributed by atoms with E-state index in [0.29, 0.717) is 12.2 Å². The van der Waals surface area contributed by atoms with E-state index in [1.807, 2.05) is 23.1 Å². The molecular weight excluding hydrogens is 400 g/mol. The van der Waals surface area contributed by atoms with Gasteiger partial charge in [-0.25, -0.2) is 0 Å². The van der Waals surface area contributed by atoms with Gasteiger partial charge in [-0.05, 0) is 59.9 Å². The highest BCUT2D eigenvalue weighted by Gasteiger charge is 2.32. The Kier molecular flexibility index (Phi) is 6.55. The molecular formula is C27H28N2O3. The van der Waals surface area contributed by atoms with Crippen LogP contribution in [0.3, 0.4) is 0 Å². The number of hydrogen-bond donors (Lipinski definition) is 1. The van der Waals surface area contributed by atoms with E-state index in [9.17, 15) is 9.59 Å². The normalized spacial score (nSPS) is 15.1. The third-order valence-electron chi connectivity index (χ3n) is 6.03. The maximum Gasteiger partial charge on any atom is 0.224 e. The van der Waals surface area contributed by atoms with Crippen molar-refractivity contribution in [2.45, 2.75) is 32.2 Å². The highest BCUT2D eigenvalue weighted by atomic mass is 16.5. The third-order valence-corrected chi connectivity index (χ3v) is 6.03. The van der Waals surface area contributed by atoms with Gasteiger partial charge in [0.15, 0.2) is 0 Å². The molecule has 4 rings (SSSR count). The van der Waals surface area contributed by atoms with Gasteiger partial charge in [0, 0.05) is 25.1 Å². The van der Waals surface area contributed by atoms with Crippen LogP contribution in [0.15, 0.2) is 72.8 Å². The molecule has 0 radical (unpaired) electrons. The molecule has 32 heavy (non-hydrogen) atoms. The van der Waals surface area contributed by atoms with Crippen LogP contribution in [0.4, 0.5) is 5.69 Å². The first-order valence-corrected chi connectivity index (χ1v) is 10.9. The predicted molar refractivity (Wildman–Crippen MR) is 126 cm³/mol. The first-order valence-electron chi connectivity index (χ1n) is 10.9. The van der Waals surface area contributed by atoms with Crippen molar-refractivity contribution in [3.8, 4) is 5.75 Å². The van der Waals surface area contributed by atoms with E-state index in [1.54, 1.807) is 31.4 Å². The Balaban J connectivity index is 1.47. The number of rotatable bonds is 6. The SMILES string of the molecule is COc1ccc(NC(=O)CCC(=O)N2CCc3c(C)cccc3C2c2ccccc2)cc1. The number of fused-ring (bicyclic) bond motifs is 1. The summed E-state index contributed by atoms with van der Waals surface area (Å²) in [5.41, 5.74) is 5.54. The number of carbonyl (C=O) groups is 2. The Morgan fingerprint density at radius 3 is 2.44 bits per heavy atom. The van der Waals surface area contributed by atoms with E-state index >= 15 is 0 Å². The molecule has 164 valence electrons. The van der Waals surface area contributed by atoms with E-state index in [-0.39, 0.29) is 30.7 Å². The molecule has 1 aliphatic rings. The zero-order valence-corrected chi connectivity index (χ0v) is 18.5. The summed E-state index contributed by atoms with van der Waals surface area (Å²) >= 11 is 0. The first kappa shape index (κ1) is 21.6. The number of anilines is 1. The van der Waals surface area contributed by atoms with Gasteiger partial charge in [-0.1, -0.05) is 48.5 Å². The van der Waals surface area contributed by atoms with Crippen molar-refractivity contribution in [1.82, 2.24) is 4.90 Å². The number of methoxy groups -OCH3 is 1. The van der Waals surface area contributed by atoms with Crippen LogP contribution in [0.25, 0.3) is 0 Å². The van der Waals surface area contributed by atoms with Crippen molar-refractivity contribution < 1.29 is 14.3 Å². The van der Waals surface area contributed by atoms with Gasteiger partial charge in [0.1, 0.15) is 5.75 Å². The van der Waals surface area contributed by atoms with E-state index in [0.717, 1.165) is 17.7 Å². The van der Waals surface area contributed by atoms with Crippen LogP contribution in [-0.2, 0) is 16.0 Å². The van der Waals surface area contributed by atoms with Crippen molar-refractivity contribution in [2.24, 2.45) is 0 Å². The number of nitrogens with zero attached hydrogens (tertiary/aromatic N) is 1. The minimum atomic E-state index is -0.173. The molecule has 0 spiro atoms. The van der Waals surface area contributed by atoms with Gasteiger partial charge in [0.25, 0.3) is 0 Å². The lowest BCUT2D eigenvalue weighted by Crippen LogP contribution is -2.41. The number of aryl methyl sites for hydroxylation is 1. The Morgan fingerprint density at radius 2 is 1.72 bits per heavy atom. The Morgan fingerprint density at radius 1 is 0.969 bits per heavy atom. The Bertz CT molecular complexity index is 1090. The maximum atomic E-state index is 13.2. The van der Waals surface area contributed by atoms with Crippen molar-refractivity contribution in [1.29, 1.82) is 0 Å². The molecule has 3 aromatic carbocycles. The van der Waals surface area contributed by atoms with Crippen LogP contribution in [0, 0.1) is 6.92 Å². The number of nitrogens with one attached hydrogen (secondary N) is 1. The number of amides is 2. The second-order valence-corrected chi connectivity index (χ2v) is 8.07. The molecule has 1 N–H and O–H groups in total. The number of benzene rings is 3. The fourth-order valence-corrected chi connectivity index (χ4v) is 4.38. The van der Waals surface area contributed by atoms with Crippen molar-refractivity contribution in [3.05, 3.63) is 95.1 Å². The van der Waals surface area contributed by atoms with Crippen LogP contribution in [0.1, 0.15) is 41.1 Å². The fourth-order valence-electron chi connectivity index (χ4n) is 4.38. The van der Waals surface area contributed by atoms with E-state index in [1.165, 1.54) is 16.7 Å².